The minimum atomic E-state index is -0.460. The van der Waals surface area contributed by atoms with Gasteiger partial charge in [-0.2, -0.15) is 0 Å². The van der Waals surface area contributed by atoms with Crippen molar-refractivity contribution in [1.82, 2.24) is 0 Å². The van der Waals surface area contributed by atoms with Crippen LogP contribution in [0.3, 0.4) is 0 Å². The normalized spacial score (nSPS) is 16.4. The van der Waals surface area contributed by atoms with Gasteiger partial charge in [0.05, 0.1) is 15.5 Å². The van der Waals surface area contributed by atoms with Crippen molar-refractivity contribution in [3.8, 4) is 0 Å². The number of carbonyl (C=O) groups is 2. The smallest absolute Gasteiger partial charge is 0.270 e. The van der Waals surface area contributed by atoms with Crippen molar-refractivity contribution in [2.24, 2.45) is 0 Å². The maximum Gasteiger partial charge on any atom is 0.270 e. The number of hydrogen-bond acceptors (Lipinski definition) is 7. The zero-order valence-corrected chi connectivity index (χ0v) is 21.6. The van der Waals surface area contributed by atoms with E-state index in [-0.39, 0.29) is 15.9 Å². The van der Waals surface area contributed by atoms with Crippen molar-refractivity contribution in [2.75, 3.05) is 28.2 Å². The van der Waals surface area contributed by atoms with Crippen molar-refractivity contribution >= 4 is 68.9 Å². The maximum absolute atomic E-state index is 13.4. The van der Waals surface area contributed by atoms with Crippen LogP contribution in [0.15, 0.2) is 71.6 Å². The summed E-state index contributed by atoms with van der Waals surface area (Å²) in [5.74, 6) is -1.22. The van der Waals surface area contributed by atoms with E-state index < -0.39 is 16.6 Å². The summed E-state index contributed by atoms with van der Waals surface area (Å²) >= 11 is 6.60. The summed E-state index contributed by atoms with van der Waals surface area (Å²) in [6.45, 7) is 1.68. The lowest BCUT2D eigenvalue weighted by Crippen LogP contribution is -2.27. The van der Waals surface area contributed by atoms with E-state index in [1.807, 2.05) is 0 Å². The molecular formula is C27H21FN4O4S2. The Kier molecular flexibility index (Phi) is 7.21. The van der Waals surface area contributed by atoms with Crippen LogP contribution in [-0.4, -0.2) is 34.1 Å². The second-order valence-corrected chi connectivity index (χ2v) is 10.4. The van der Waals surface area contributed by atoms with Crippen molar-refractivity contribution in [3.05, 3.63) is 98.7 Å². The van der Waals surface area contributed by atoms with Crippen molar-refractivity contribution in [2.45, 2.75) is 12.8 Å². The van der Waals surface area contributed by atoms with Crippen LogP contribution in [0.4, 0.5) is 27.1 Å². The van der Waals surface area contributed by atoms with Gasteiger partial charge in [-0.1, -0.05) is 30.0 Å². The van der Waals surface area contributed by atoms with E-state index in [0.29, 0.717) is 27.4 Å². The Balaban J connectivity index is 1.42. The van der Waals surface area contributed by atoms with E-state index in [4.69, 9.17) is 12.2 Å². The van der Waals surface area contributed by atoms with Gasteiger partial charge in [-0.15, -0.1) is 0 Å². The lowest BCUT2D eigenvalue weighted by Gasteiger charge is -2.20. The first-order valence-electron chi connectivity index (χ1n) is 11.8. The number of thioether (sulfide) groups is 1. The van der Waals surface area contributed by atoms with E-state index in [1.54, 1.807) is 36.4 Å². The average Bonchev–Trinajstić information content (AvgIpc) is 3.53. The van der Waals surface area contributed by atoms with Gasteiger partial charge < -0.3 is 10.2 Å². The Morgan fingerprint density at radius 2 is 1.82 bits per heavy atom. The molecule has 192 valence electrons. The lowest BCUT2D eigenvalue weighted by atomic mass is 10.1. The van der Waals surface area contributed by atoms with E-state index in [9.17, 15) is 24.1 Å². The Bertz CT molecular complexity index is 1490. The highest BCUT2D eigenvalue weighted by Gasteiger charge is 2.34. The monoisotopic (exact) mass is 548 g/mol. The molecule has 0 atom stereocenters. The molecule has 8 nitrogen and oxygen atoms in total. The van der Waals surface area contributed by atoms with Crippen LogP contribution >= 0.6 is 24.0 Å². The Hall–Kier alpha value is -4.09. The fourth-order valence-corrected chi connectivity index (χ4v) is 5.66. The molecule has 0 radical (unpaired) electrons. The van der Waals surface area contributed by atoms with Crippen LogP contribution in [-0.2, 0) is 4.79 Å². The topological polar surface area (TPSA) is 95.8 Å². The van der Waals surface area contributed by atoms with E-state index in [0.717, 1.165) is 43.4 Å². The number of hydrogen-bond donors (Lipinski definition) is 1. The Labute approximate surface area is 227 Å². The highest BCUT2D eigenvalue weighted by Crippen LogP contribution is 2.38. The molecular weight excluding hydrogens is 527 g/mol. The first-order chi connectivity index (χ1) is 18.3. The predicted octanol–water partition coefficient (Wildman–Crippen LogP) is 5.99. The predicted molar refractivity (Wildman–Crippen MR) is 151 cm³/mol. The number of nitro groups is 1. The quantitative estimate of drug-likeness (QED) is 0.175. The number of halogens is 1. The van der Waals surface area contributed by atoms with Gasteiger partial charge in [0.2, 0.25) is 0 Å². The standard InChI is InChI=1S/C27H21FN4O4S2/c28-19-6-8-20(9-7-19)29-25(33)17-4-3-5-21(14-17)31-26(34)24(38-27(31)37)16-18-15-22(32(35)36)10-11-23(18)30-12-1-2-13-30/h3-11,14-16H,1-2,12-13H2,(H,29,33)/b24-16+. The summed E-state index contributed by atoms with van der Waals surface area (Å²) in [6, 6.07) is 16.5. The number of non-ortho nitro benzene ring substituents is 1. The van der Waals surface area contributed by atoms with Gasteiger partial charge in [0.15, 0.2) is 4.32 Å². The van der Waals surface area contributed by atoms with Gasteiger partial charge in [-0.25, -0.2) is 4.39 Å². The van der Waals surface area contributed by atoms with Crippen LogP contribution < -0.4 is 15.1 Å². The number of nitrogens with one attached hydrogen (secondary N) is 1. The average molecular weight is 549 g/mol. The molecule has 0 bridgehead atoms. The third-order valence-corrected chi connectivity index (χ3v) is 7.52. The Morgan fingerprint density at radius 3 is 2.53 bits per heavy atom. The molecule has 3 aromatic carbocycles. The zero-order valence-electron chi connectivity index (χ0n) is 19.9. The van der Waals surface area contributed by atoms with Crippen molar-refractivity contribution in [3.63, 3.8) is 0 Å². The van der Waals surface area contributed by atoms with Crippen molar-refractivity contribution < 1.29 is 18.9 Å². The fourth-order valence-electron chi connectivity index (χ4n) is 4.37. The maximum atomic E-state index is 13.4. The molecule has 2 aliphatic heterocycles. The molecule has 0 aromatic heterocycles. The highest BCUT2D eigenvalue weighted by atomic mass is 32.2. The molecule has 2 saturated heterocycles. The lowest BCUT2D eigenvalue weighted by molar-refractivity contribution is -0.384. The number of rotatable bonds is 6. The minimum absolute atomic E-state index is 0.0606. The summed E-state index contributed by atoms with van der Waals surface area (Å²) in [5.41, 5.74) is 2.49. The van der Waals surface area contributed by atoms with Gasteiger partial charge in [0.25, 0.3) is 17.5 Å². The molecule has 5 rings (SSSR count). The van der Waals surface area contributed by atoms with Crippen LogP contribution in [0, 0.1) is 15.9 Å². The van der Waals surface area contributed by atoms with Gasteiger partial charge in [-0.05, 0) is 67.4 Å². The summed E-state index contributed by atoms with van der Waals surface area (Å²) < 4.78 is 13.5. The first-order valence-corrected chi connectivity index (χ1v) is 13.0. The number of nitro benzene ring substituents is 1. The molecule has 0 spiro atoms. The molecule has 0 aliphatic carbocycles. The largest absolute Gasteiger partial charge is 0.371 e. The number of anilines is 3. The van der Waals surface area contributed by atoms with E-state index in [2.05, 4.69) is 10.2 Å². The molecule has 3 aromatic rings. The van der Waals surface area contributed by atoms with Gasteiger partial charge in [0, 0.05) is 47.7 Å². The number of nitrogens with zero attached hydrogens (tertiary/aromatic N) is 3. The minimum Gasteiger partial charge on any atom is -0.371 e. The fraction of sp³-hybridized carbons (Fsp3) is 0.148. The third kappa shape index (κ3) is 5.29. The summed E-state index contributed by atoms with van der Waals surface area (Å²) in [7, 11) is 0. The zero-order chi connectivity index (χ0) is 26.8. The van der Waals surface area contributed by atoms with Crippen molar-refractivity contribution in [1.29, 1.82) is 0 Å². The molecule has 0 unspecified atom stereocenters. The Morgan fingerprint density at radius 1 is 1.08 bits per heavy atom. The molecule has 2 aliphatic rings. The van der Waals surface area contributed by atoms with Crippen LogP contribution in [0.5, 0.6) is 0 Å². The summed E-state index contributed by atoms with van der Waals surface area (Å²) in [5, 5.41) is 14.1. The van der Waals surface area contributed by atoms with Crippen LogP contribution in [0.1, 0.15) is 28.8 Å². The number of benzene rings is 3. The van der Waals surface area contributed by atoms with Gasteiger partial charge in [-0.3, -0.25) is 24.6 Å². The SMILES string of the molecule is O=C(Nc1ccc(F)cc1)c1cccc(N2C(=O)/C(=C\c3cc([N+](=O)[O-])ccc3N3CCCC3)SC2=S)c1. The molecule has 2 fully saturated rings. The van der Waals surface area contributed by atoms with Crippen LogP contribution in [0.25, 0.3) is 6.08 Å². The van der Waals surface area contributed by atoms with E-state index >= 15 is 0 Å². The summed E-state index contributed by atoms with van der Waals surface area (Å²) in [4.78, 5) is 41.0. The molecule has 11 heteroatoms. The second kappa shape index (κ2) is 10.7. The number of amides is 2. The molecule has 1 N–H and O–H groups in total. The van der Waals surface area contributed by atoms with E-state index in [1.165, 1.54) is 41.3 Å². The number of carbonyl (C=O) groups excluding carboxylic acids is 2. The summed E-state index contributed by atoms with van der Waals surface area (Å²) in [6.07, 6.45) is 3.71. The third-order valence-electron chi connectivity index (χ3n) is 6.22. The van der Waals surface area contributed by atoms with Gasteiger partial charge >= 0.3 is 0 Å². The molecule has 38 heavy (non-hydrogen) atoms. The molecule has 0 saturated carbocycles. The molecule has 2 heterocycles. The molecule has 2 amide bonds. The van der Waals surface area contributed by atoms with Gasteiger partial charge in [0.1, 0.15) is 5.82 Å². The van der Waals surface area contributed by atoms with Crippen LogP contribution in [0.2, 0.25) is 0 Å². The highest BCUT2D eigenvalue weighted by molar-refractivity contribution is 8.27. The first kappa shape index (κ1) is 25.6. The number of thiocarbonyl (C=S) groups is 1. The second-order valence-electron chi connectivity index (χ2n) is 8.72.